The number of ether oxygens (including phenoxy) is 1. The van der Waals surface area contributed by atoms with E-state index in [-0.39, 0.29) is 5.91 Å². The van der Waals surface area contributed by atoms with E-state index >= 15 is 0 Å². The third-order valence-corrected chi connectivity index (χ3v) is 4.30. The van der Waals surface area contributed by atoms with E-state index < -0.39 is 0 Å². The quantitative estimate of drug-likeness (QED) is 0.802. The van der Waals surface area contributed by atoms with Gasteiger partial charge in [-0.1, -0.05) is 12.1 Å². The van der Waals surface area contributed by atoms with Crippen molar-refractivity contribution >= 4 is 11.6 Å². The molecule has 0 saturated heterocycles. The van der Waals surface area contributed by atoms with E-state index in [1.165, 1.54) is 0 Å². The average Bonchev–Trinajstić information content (AvgIpc) is 3.39. The molecule has 1 aliphatic carbocycles. The van der Waals surface area contributed by atoms with Gasteiger partial charge in [0.2, 0.25) is 5.88 Å². The van der Waals surface area contributed by atoms with Gasteiger partial charge in [-0.25, -0.2) is 4.98 Å². The zero-order valence-corrected chi connectivity index (χ0v) is 13.6. The second-order valence-electron chi connectivity index (χ2n) is 5.93. The number of methoxy groups -OCH3 is 1. The third kappa shape index (κ3) is 2.40. The first-order valence-corrected chi connectivity index (χ1v) is 7.97. The van der Waals surface area contributed by atoms with Crippen LogP contribution in [0.25, 0.3) is 16.8 Å². The van der Waals surface area contributed by atoms with Gasteiger partial charge in [0.05, 0.1) is 7.11 Å². The molecule has 0 radical (unpaired) electrons. The van der Waals surface area contributed by atoms with Crippen molar-refractivity contribution in [2.45, 2.75) is 18.8 Å². The van der Waals surface area contributed by atoms with E-state index in [1.54, 1.807) is 18.7 Å². The van der Waals surface area contributed by atoms with E-state index in [4.69, 9.17) is 9.72 Å². The van der Waals surface area contributed by atoms with Crippen molar-refractivity contribution < 1.29 is 9.53 Å². The van der Waals surface area contributed by atoms with E-state index in [1.807, 2.05) is 36.4 Å². The van der Waals surface area contributed by atoms with Crippen LogP contribution < -0.4 is 10.1 Å². The molecule has 0 spiro atoms. The molecular formula is C18H18N4O2. The Bertz CT molecular complexity index is 911. The maximum absolute atomic E-state index is 11.7. The molecule has 3 aromatic rings. The number of carbonyl (C=O) groups is 1. The summed E-state index contributed by atoms with van der Waals surface area (Å²) < 4.78 is 7.16. The molecule has 2 heterocycles. The molecule has 1 saturated carbocycles. The lowest BCUT2D eigenvalue weighted by atomic mass is 10.0. The van der Waals surface area contributed by atoms with Crippen LogP contribution in [-0.4, -0.2) is 34.7 Å². The van der Waals surface area contributed by atoms with Gasteiger partial charge in [0.1, 0.15) is 0 Å². The maximum atomic E-state index is 11.7. The van der Waals surface area contributed by atoms with Gasteiger partial charge < -0.3 is 10.1 Å². The molecule has 4 rings (SSSR count). The summed E-state index contributed by atoms with van der Waals surface area (Å²) in [5.41, 5.74) is 3.37. The molecule has 0 bridgehead atoms. The first kappa shape index (κ1) is 14.7. The Morgan fingerprint density at radius 3 is 2.58 bits per heavy atom. The van der Waals surface area contributed by atoms with Crippen LogP contribution in [0, 0.1) is 0 Å². The number of rotatable bonds is 4. The number of nitrogens with one attached hydrogen (secondary N) is 1. The number of fused-ring (bicyclic) bond motifs is 1. The highest BCUT2D eigenvalue weighted by Crippen LogP contribution is 2.39. The molecule has 6 nitrogen and oxygen atoms in total. The molecule has 1 aliphatic rings. The second kappa shape index (κ2) is 5.63. The minimum Gasteiger partial charge on any atom is -0.481 e. The molecule has 2 aromatic heterocycles. The highest BCUT2D eigenvalue weighted by Gasteiger charge is 2.29. The summed E-state index contributed by atoms with van der Waals surface area (Å²) in [7, 11) is 3.25. The predicted octanol–water partition coefficient (Wildman–Crippen LogP) is 2.64. The molecule has 1 N–H and O–H groups in total. The van der Waals surface area contributed by atoms with Gasteiger partial charge in [-0.2, -0.15) is 4.52 Å². The summed E-state index contributed by atoms with van der Waals surface area (Å²) in [6.07, 6.45) is 2.30. The Labute approximate surface area is 139 Å². The van der Waals surface area contributed by atoms with E-state index in [0.29, 0.717) is 17.4 Å². The number of amides is 1. The van der Waals surface area contributed by atoms with Gasteiger partial charge >= 0.3 is 0 Å². The van der Waals surface area contributed by atoms with Crippen LogP contribution in [0.2, 0.25) is 0 Å². The van der Waals surface area contributed by atoms with Crippen LogP contribution in [0.3, 0.4) is 0 Å². The van der Waals surface area contributed by atoms with Gasteiger partial charge in [-0.15, -0.1) is 5.10 Å². The van der Waals surface area contributed by atoms with E-state index in [2.05, 4.69) is 10.4 Å². The van der Waals surface area contributed by atoms with Crippen LogP contribution in [0.1, 0.15) is 34.9 Å². The molecule has 122 valence electrons. The van der Waals surface area contributed by atoms with Crippen LogP contribution in [0.4, 0.5) is 0 Å². The lowest BCUT2D eigenvalue weighted by Gasteiger charge is -2.07. The van der Waals surface area contributed by atoms with Crippen LogP contribution in [0.5, 0.6) is 5.88 Å². The highest BCUT2D eigenvalue weighted by molar-refractivity contribution is 5.94. The molecule has 6 heteroatoms. The Morgan fingerprint density at radius 1 is 1.21 bits per heavy atom. The first-order chi connectivity index (χ1) is 11.7. The molecule has 0 unspecified atom stereocenters. The minimum atomic E-state index is -0.0973. The number of pyridine rings is 1. The largest absolute Gasteiger partial charge is 0.481 e. The van der Waals surface area contributed by atoms with Crippen molar-refractivity contribution in [3.63, 3.8) is 0 Å². The van der Waals surface area contributed by atoms with Crippen molar-refractivity contribution in [3.8, 4) is 17.0 Å². The monoisotopic (exact) mass is 322 g/mol. The lowest BCUT2D eigenvalue weighted by molar-refractivity contribution is 0.0963. The first-order valence-electron chi connectivity index (χ1n) is 7.97. The second-order valence-corrected chi connectivity index (χ2v) is 5.93. The van der Waals surface area contributed by atoms with Gasteiger partial charge in [-0.05, 0) is 36.6 Å². The summed E-state index contributed by atoms with van der Waals surface area (Å²) in [5, 5.41) is 7.23. The molecule has 0 atom stereocenters. The van der Waals surface area contributed by atoms with Crippen molar-refractivity contribution in [3.05, 3.63) is 47.8 Å². The predicted molar refractivity (Wildman–Crippen MR) is 90.3 cm³/mol. The molecule has 1 amide bonds. The van der Waals surface area contributed by atoms with Crippen LogP contribution >= 0.6 is 0 Å². The fourth-order valence-corrected chi connectivity index (χ4v) is 2.80. The van der Waals surface area contributed by atoms with Crippen LogP contribution in [-0.2, 0) is 0 Å². The summed E-state index contributed by atoms with van der Waals surface area (Å²) in [4.78, 5) is 16.4. The molecule has 24 heavy (non-hydrogen) atoms. The maximum Gasteiger partial charge on any atom is 0.251 e. The van der Waals surface area contributed by atoms with Crippen molar-refractivity contribution in [1.82, 2.24) is 19.9 Å². The molecule has 1 fully saturated rings. The Hall–Kier alpha value is -2.89. The van der Waals surface area contributed by atoms with Crippen LogP contribution in [0.15, 0.2) is 36.4 Å². The number of benzene rings is 1. The normalized spacial score (nSPS) is 13.9. The summed E-state index contributed by atoms with van der Waals surface area (Å²) in [5.74, 6) is 1.91. The van der Waals surface area contributed by atoms with E-state index in [9.17, 15) is 4.79 Å². The number of hydrogen-bond donors (Lipinski definition) is 1. The third-order valence-electron chi connectivity index (χ3n) is 4.30. The molecule has 1 aromatic carbocycles. The Morgan fingerprint density at radius 2 is 1.96 bits per heavy atom. The van der Waals surface area contributed by atoms with Gasteiger partial charge in [0.25, 0.3) is 5.91 Å². The topological polar surface area (TPSA) is 68.5 Å². The zero-order valence-electron chi connectivity index (χ0n) is 13.6. The summed E-state index contributed by atoms with van der Waals surface area (Å²) in [6.45, 7) is 0. The fraction of sp³-hybridized carbons (Fsp3) is 0.278. The standard InChI is InChI=1S/C18H18N4O2/c1-19-18(23)13-7-3-11(4-8-13)14-9-10-15(24-2)22-17(14)20-16(21-22)12-5-6-12/h3-4,7-10,12H,5-6H2,1-2H3,(H,19,23). The van der Waals surface area contributed by atoms with Crippen molar-refractivity contribution in [2.75, 3.05) is 14.2 Å². The average molecular weight is 322 g/mol. The number of nitrogens with zero attached hydrogens (tertiary/aromatic N) is 3. The molecule has 0 aliphatic heterocycles. The SMILES string of the molecule is CNC(=O)c1ccc(-c2ccc(OC)n3nc(C4CC4)nc23)cc1. The van der Waals surface area contributed by atoms with Crippen molar-refractivity contribution in [2.24, 2.45) is 0 Å². The van der Waals surface area contributed by atoms with Gasteiger partial charge in [0, 0.05) is 30.2 Å². The number of hydrogen-bond acceptors (Lipinski definition) is 4. The number of aromatic nitrogens is 3. The lowest BCUT2D eigenvalue weighted by Crippen LogP contribution is -2.17. The minimum absolute atomic E-state index is 0.0973. The summed E-state index contributed by atoms with van der Waals surface area (Å²) in [6, 6.07) is 11.4. The summed E-state index contributed by atoms with van der Waals surface area (Å²) >= 11 is 0. The van der Waals surface area contributed by atoms with Gasteiger partial charge in [-0.3, -0.25) is 4.79 Å². The number of carbonyl (C=O) groups excluding carboxylic acids is 1. The molecular weight excluding hydrogens is 304 g/mol. The smallest absolute Gasteiger partial charge is 0.251 e. The van der Waals surface area contributed by atoms with E-state index in [0.717, 1.165) is 35.4 Å². The van der Waals surface area contributed by atoms with Gasteiger partial charge in [0.15, 0.2) is 11.5 Å². The Balaban J connectivity index is 1.82. The fourth-order valence-electron chi connectivity index (χ4n) is 2.80. The highest BCUT2D eigenvalue weighted by atomic mass is 16.5. The zero-order chi connectivity index (χ0) is 16.7. The Kier molecular flexibility index (Phi) is 3.45. The van der Waals surface area contributed by atoms with Crippen molar-refractivity contribution in [1.29, 1.82) is 0 Å².